The summed E-state index contributed by atoms with van der Waals surface area (Å²) in [7, 11) is 0. The van der Waals surface area contributed by atoms with E-state index in [1.165, 1.54) is 0 Å². The molecule has 6 heteroatoms. The Morgan fingerprint density at radius 3 is 3.05 bits per heavy atom. The number of rotatable bonds is 2. The van der Waals surface area contributed by atoms with Gasteiger partial charge in [0.05, 0.1) is 11.6 Å². The summed E-state index contributed by atoms with van der Waals surface area (Å²) in [5, 5.41) is 1.04. The fraction of sp³-hybridized carbons (Fsp3) is 0.429. The lowest BCUT2D eigenvalue weighted by atomic mass is 10.2. The monoisotopic (exact) mass is 273 g/mol. The van der Waals surface area contributed by atoms with Gasteiger partial charge in [0.25, 0.3) is 0 Å². The normalized spacial score (nSPS) is 19.9. The lowest BCUT2D eigenvalue weighted by Crippen LogP contribution is -2.31. The molecule has 1 unspecified atom stereocenters. The number of nitrogens with two attached hydrogens (primary N) is 1. The Kier molecular flexibility index (Phi) is 3.66. The molecule has 20 heavy (non-hydrogen) atoms. The van der Waals surface area contributed by atoms with Crippen LogP contribution in [0.3, 0.4) is 0 Å². The number of fused-ring (bicyclic) bond motifs is 1. The van der Waals surface area contributed by atoms with Gasteiger partial charge in [-0.05, 0) is 25.5 Å². The van der Waals surface area contributed by atoms with Crippen LogP contribution in [-0.2, 0) is 4.74 Å². The number of nitrogens with zero attached hydrogens (tertiary/aromatic N) is 3. The molecule has 0 spiro atoms. The molecule has 2 heterocycles. The van der Waals surface area contributed by atoms with Crippen LogP contribution >= 0.6 is 0 Å². The molecule has 106 valence electrons. The van der Waals surface area contributed by atoms with Gasteiger partial charge in [0, 0.05) is 25.1 Å². The SMILES string of the molecule is CC1CN(c2nc(NN)nc3ccccc23)CCCO1. The molecule has 0 aliphatic carbocycles. The number of benzene rings is 1. The fourth-order valence-electron chi connectivity index (χ4n) is 2.55. The Labute approximate surface area is 117 Å². The van der Waals surface area contributed by atoms with Gasteiger partial charge in [-0.25, -0.2) is 10.8 Å². The number of hydrogen-bond donors (Lipinski definition) is 2. The molecule has 1 atom stereocenters. The number of ether oxygens (including phenoxy) is 1. The van der Waals surface area contributed by atoms with Crippen LogP contribution in [0, 0.1) is 0 Å². The zero-order chi connectivity index (χ0) is 13.9. The summed E-state index contributed by atoms with van der Waals surface area (Å²) >= 11 is 0. The Balaban J connectivity index is 2.08. The fourth-order valence-corrected chi connectivity index (χ4v) is 2.55. The molecule has 1 fully saturated rings. The van der Waals surface area contributed by atoms with Crippen molar-refractivity contribution < 1.29 is 4.74 Å². The van der Waals surface area contributed by atoms with Gasteiger partial charge >= 0.3 is 0 Å². The summed E-state index contributed by atoms with van der Waals surface area (Å²) in [5.74, 6) is 6.84. The van der Waals surface area contributed by atoms with Crippen molar-refractivity contribution in [3.8, 4) is 0 Å². The molecule has 3 N–H and O–H groups in total. The summed E-state index contributed by atoms with van der Waals surface area (Å²) in [6, 6.07) is 7.98. The van der Waals surface area contributed by atoms with E-state index in [1.807, 2.05) is 24.3 Å². The lowest BCUT2D eigenvalue weighted by molar-refractivity contribution is 0.0820. The standard InChI is InChI=1S/C14H19N5O/c1-10-9-19(7-4-8-20-10)13-11-5-2-3-6-12(11)16-14(17-13)18-15/h2-3,5-6,10H,4,7-9,15H2,1H3,(H,16,17,18). The average molecular weight is 273 g/mol. The molecular formula is C14H19N5O. The second-order valence-corrected chi connectivity index (χ2v) is 5.01. The number of hydrogen-bond acceptors (Lipinski definition) is 6. The zero-order valence-electron chi connectivity index (χ0n) is 11.5. The van der Waals surface area contributed by atoms with E-state index in [4.69, 9.17) is 10.6 Å². The van der Waals surface area contributed by atoms with Crippen LogP contribution in [0.1, 0.15) is 13.3 Å². The minimum Gasteiger partial charge on any atom is -0.377 e. The second kappa shape index (κ2) is 5.60. The van der Waals surface area contributed by atoms with E-state index in [-0.39, 0.29) is 6.10 Å². The highest BCUT2D eigenvalue weighted by Gasteiger charge is 2.19. The number of hydrazine groups is 1. The van der Waals surface area contributed by atoms with Crippen molar-refractivity contribution in [2.24, 2.45) is 5.84 Å². The maximum absolute atomic E-state index is 5.70. The second-order valence-electron chi connectivity index (χ2n) is 5.01. The highest BCUT2D eigenvalue weighted by molar-refractivity contribution is 5.90. The third-order valence-corrected chi connectivity index (χ3v) is 3.46. The lowest BCUT2D eigenvalue weighted by Gasteiger charge is -2.24. The maximum atomic E-state index is 5.70. The molecule has 0 amide bonds. The minimum atomic E-state index is 0.195. The van der Waals surface area contributed by atoms with E-state index in [0.717, 1.165) is 42.8 Å². The molecule has 0 saturated carbocycles. The maximum Gasteiger partial charge on any atom is 0.239 e. The largest absolute Gasteiger partial charge is 0.377 e. The van der Waals surface area contributed by atoms with Gasteiger partial charge < -0.3 is 9.64 Å². The number of anilines is 2. The molecule has 1 aliphatic heterocycles. The quantitative estimate of drug-likeness (QED) is 0.638. The molecule has 1 aromatic carbocycles. The van der Waals surface area contributed by atoms with Crippen LogP contribution in [0.2, 0.25) is 0 Å². The topological polar surface area (TPSA) is 76.3 Å². The summed E-state index contributed by atoms with van der Waals surface area (Å²) in [6.07, 6.45) is 1.19. The first-order valence-electron chi connectivity index (χ1n) is 6.88. The van der Waals surface area contributed by atoms with Gasteiger partial charge in [-0.1, -0.05) is 12.1 Å². The van der Waals surface area contributed by atoms with Gasteiger partial charge in [-0.2, -0.15) is 4.98 Å². The smallest absolute Gasteiger partial charge is 0.239 e. The summed E-state index contributed by atoms with van der Waals surface area (Å²) in [5.41, 5.74) is 3.44. The van der Waals surface area contributed by atoms with E-state index in [0.29, 0.717) is 5.95 Å². The van der Waals surface area contributed by atoms with E-state index in [1.54, 1.807) is 0 Å². The third-order valence-electron chi connectivity index (χ3n) is 3.46. The van der Waals surface area contributed by atoms with E-state index >= 15 is 0 Å². The first-order chi connectivity index (χ1) is 9.78. The van der Waals surface area contributed by atoms with Gasteiger partial charge in [0.2, 0.25) is 5.95 Å². The first-order valence-corrected chi connectivity index (χ1v) is 6.88. The Morgan fingerprint density at radius 2 is 2.20 bits per heavy atom. The Morgan fingerprint density at radius 1 is 1.35 bits per heavy atom. The molecule has 1 saturated heterocycles. The van der Waals surface area contributed by atoms with Crippen molar-refractivity contribution >= 4 is 22.7 Å². The number of para-hydroxylation sites is 1. The minimum absolute atomic E-state index is 0.195. The van der Waals surface area contributed by atoms with Crippen molar-refractivity contribution in [2.75, 3.05) is 30.0 Å². The highest BCUT2D eigenvalue weighted by atomic mass is 16.5. The zero-order valence-corrected chi connectivity index (χ0v) is 11.5. The average Bonchev–Trinajstić information content (AvgIpc) is 2.70. The molecular weight excluding hydrogens is 254 g/mol. The summed E-state index contributed by atoms with van der Waals surface area (Å²) in [4.78, 5) is 11.2. The highest BCUT2D eigenvalue weighted by Crippen LogP contribution is 2.26. The van der Waals surface area contributed by atoms with E-state index in [9.17, 15) is 0 Å². The number of nitrogen functional groups attached to an aromatic ring is 1. The van der Waals surface area contributed by atoms with Gasteiger partial charge in [0.15, 0.2) is 0 Å². The van der Waals surface area contributed by atoms with Crippen molar-refractivity contribution in [3.63, 3.8) is 0 Å². The number of aromatic nitrogens is 2. The molecule has 0 bridgehead atoms. The molecule has 2 aromatic rings. The van der Waals surface area contributed by atoms with Crippen molar-refractivity contribution in [1.29, 1.82) is 0 Å². The van der Waals surface area contributed by atoms with Crippen LogP contribution in [-0.4, -0.2) is 35.8 Å². The molecule has 1 aromatic heterocycles. The molecule has 6 nitrogen and oxygen atoms in total. The van der Waals surface area contributed by atoms with Crippen LogP contribution in [0.5, 0.6) is 0 Å². The van der Waals surface area contributed by atoms with Crippen LogP contribution in [0.15, 0.2) is 24.3 Å². The molecule has 0 radical (unpaired) electrons. The van der Waals surface area contributed by atoms with Crippen molar-refractivity contribution in [1.82, 2.24) is 9.97 Å². The molecule has 3 rings (SSSR count). The van der Waals surface area contributed by atoms with Crippen LogP contribution in [0.25, 0.3) is 10.9 Å². The van der Waals surface area contributed by atoms with Gasteiger partial charge in [-0.3, -0.25) is 5.43 Å². The Bertz CT molecular complexity index is 603. The van der Waals surface area contributed by atoms with Crippen molar-refractivity contribution in [2.45, 2.75) is 19.4 Å². The van der Waals surface area contributed by atoms with E-state index < -0.39 is 0 Å². The summed E-state index contributed by atoms with van der Waals surface area (Å²) in [6.45, 7) is 4.63. The van der Waals surface area contributed by atoms with Crippen LogP contribution in [0.4, 0.5) is 11.8 Å². The van der Waals surface area contributed by atoms with Crippen molar-refractivity contribution in [3.05, 3.63) is 24.3 Å². The Hall–Kier alpha value is -1.92. The predicted octanol–water partition coefficient (Wildman–Crippen LogP) is 1.53. The van der Waals surface area contributed by atoms with Crippen LogP contribution < -0.4 is 16.2 Å². The predicted molar refractivity (Wildman–Crippen MR) is 79.6 cm³/mol. The summed E-state index contributed by atoms with van der Waals surface area (Å²) < 4.78 is 5.70. The molecule has 1 aliphatic rings. The number of nitrogens with one attached hydrogen (secondary N) is 1. The first kappa shape index (κ1) is 13.1. The van der Waals surface area contributed by atoms with Gasteiger partial charge in [0.1, 0.15) is 5.82 Å². The van der Waals surface area contributed by atoms with Gasteiger partial charge in [-0.15, -0.1) is 0 Å². The van der Waals surface area contributed by atoms with E-state index in [2.05, 4.69) is 27.2 Å². The third kappa shape index (κ3) is 2.52.